The van der Waals surface area contributed by atoms with Crippen molar-refractivity contribution in [2.75, 3.05) is 11.4 Å². The number of thioether (sulfide) groups is 1. The number of aryl methyl sites for hydroxylation is 1. The van der Waals surface area contributed by atoms with Crippen molar-refractivity contribution < 1.29 is 28.5 Å². The Hall–Kier alpha value is -2.87. The fourth-order valence-electron chi connectivity index (χ4n) is 6.70. The first-order valence-electron chi connectivity index (χ1n) is 15.3. The van der Waals surface area contributed by atoms with Gasteiger partial charge in [0.1, 0.15) is 11.2 Å². The summed E-state index contributed by atoms with van der Waals surface area (Å²) in [7, 11) is 0. The molecule has 1 aromatic heterocycles. The first-order chi connectivity index (χ1) is 20.7. The number of allylic oxidation sites excluding steroid dienone is 6. The summed E-state index contributed by atoms with van der Waals surface area (Å²) < 4.78 is 3.86. The molecule has 2 heterocycles. The van der Waals surface area contributed by atoms with E-state index >= 15 is 0 Å². The fourth-order valence-corrected chi connectivity index (χ4v) is 9.23. The summed E-state index contributed by atoms with van der Waals surface area (Å²) in [6.07, 6.45) is 14.2. The lowest BCUT2D eigenvalue weighted by atomic mass is 9.85. The van der Waals surface area contributed by atoms with Crippen LogP contribution in [0.4, 0.5) is 5.69 Å². The molecule has 2 aliphatic rings. The minimum atomic E-state index is 0. The normalized spacial score (nSPS) is 17.2. The molecule has 4 aromatic carbocycles. The monoisotopic (exact) mass is 712 g/mol. The zero-order valence-electron chi connectivity index (χ0n) is 25.1. The van der Waals surface area contributed by atoms with E-state index in [-0.39, 0.29) is 24.0 Å². The molecule has 0 amide bonds. The smallest absolute Gasteiger partial charge is 0.262 e. The molecule has 7 rings (SSSR count). The van der Waals surface area contributed by atoms with Gasteiger partial charge in [-0.2, -0.15) is 4.57 Å². The van der Waals surface area contributed by atoms with Gasteiger partial charge in [0.2, 0.25) is 5.52 Å². The highest BCUT2D eigenvalue weighted by molar-refractivity contribution is 8.04. The Morgan fingerprint density at radius 3 is 2.33 bits per heavy atom. The highest BCUT2D eigenvalue weighted by Crippen LogP contribution is 2.49. The average molecular weight is 713 g/mol. The van der Waals surface area contributed by atoms with Crippen LogP contribution in [0.2, 0.25) is 0 Å². The molecular weight excluding hydrogens is 675 g/mol. The van der Waals surface area contributed by atoms with Crippen molar-refractivity contribution in [3.63, 3.8) is 0 Å². The van der Waals surface area contributed by atoms with Crippen LogP contribution in [0.15, 0.2) is 118 Å². The third-order valence-electron chi connectivity index (χ3n) is 8.75. The summed E-state index contributed by atoms with van der Waals surface area (Å²) in [5.41, 5.74) is 7.20. The third kappa shape index (κ3) is 5.49. The molecular formula is C38H37IN2S2. The van der Waals surface area contributed by atoms with Crippen LogP contribution in [0.5, 0.6) is 0 Å². The van der Waals surface area contributed by atoms with E-state index in [0.29, 0.717) is 0 Å². The number of rotatable bonds is 6. The van der Waals surface area contributed by atoms with Gasteiger partial charge in [0.15, 0.2) is 0 Å². The summed E-state index contributed by atoms with van der Waals surface area (Å²) in [4.78, 5) is 3.86. The van der Waals surface area contributed by atoms with Crippen molar-refractivity contribution >= 4 is 66.6 Å². The van der Waals surface area contributed by atoms with Crippen LogP contribution in [-0.4, -0.2) is 6.54 Å². The van der Waals surface area contributed by atoms with Crippen LogP contribution in [-0.2, 0) is 6.54 Å². The van der Waals surface area contributed by atoms with E-state index in [0.717, 1.165) is 32.4 Å². The molecule has 218 valence electrons. The zero-order valence-corrected chi connectivity index (χ0v) is 28.9. The molecule has 2 nitrogen and oxygen atoms in total. The van der Waals surface area contributed by atoms with Gasteiger partial charge in [0, 0.05) is 29.0 Å². The predicted octanol–water partition coefficient (Wildman–Crippen LogP) is 7.82. The molecule has 1 aliphatic heterocycles. The maximum Gasteiger partial charge on any atom is 0.262 e. The van der Waals surface area contributed by atoms with Crippen LogP contribution < -0.4 is 33.4 Å². The van der Waals surface area contributed by atoms with Gasteiger partial charge < -0.3 is 28.9 Å². The van der Waals surface area contributed by atoms with E-state index in [2.05, 4.69) is 127 Å². The molecule has 0 radical (unpaired) electrons. The first-order valence-corrected chi connectivity index (χ1v) is 17.0. The summed E-state index contributed by atoms with van der Waals surface area (Å²) in [6, 6.07) is 26.6. The Balaban J connectivity index is 0.00000329. The SMILES string of the molecule is CCC1=C(/C=C/c2sc3c4ccccc4ccc3[n+]2CC)CCC/C1=C\C=C1\Sc2c(ccc3ccccc23)N1CC.[I-]. The minimum absolute atomic E-state index is 0. The van der Waals surface area contributed by atoms with Crippen molar-refractivity contribution in [2.24, 2.45) is 0 Å². The molecule has 0 saturated heterocycles. The van der Waals surface area contributed by atoms with E-state index in [9.17, 15) is 0 Å². The van der Waals surface area contributed by atoms with Gasteiger partial charge in [-0.3, -0.25) is 0 Å². The topological polar surface area (TPSA) is 7.12 Å². The molecule has 0 bridgehead atoms. The predicted molar refractivity (Wildman–Crippen MR) is 184 cm³/mol. The number of thiazole rings is 1. The van der Waals surface area contributed by atoms with Crippen molar-refractivity contribution in [1.29, 1.82) is 0 Å². The molecule has 0 saturated carbocycles. The zero-order chi connectivity index (χ0) is 28.6. The largest absolute Gasteiger partial charge is 1.00 e. The van der Waals surface area contributed by atoms with Gasteiger partial charge in [0.05, 0.1) is 10.7 Å². The van der Waals surface area contributed by atoms with Crippen LogP contribution in [0.1, 0.15) is 51.5 Å². The van der Waals surface area contributed by atoms with Crippen LogP contribution in [0, 0.1) is 0 Å². The van der Waals surface area contributed by atoms with Crippen LogP contribution in [0.25, 0.3) is 37.8 Å². The van der Waals surface area contributed by atoms with Crippen molar-refractivity contribution in [3.05, 3.63) is 118 Å². The van der Waals surface area contributed by atoms with Gasteiger partial charge in [-0.15, -0.1) is 0 Å². The van der Waals surface area contributed by atoms with Gasteiger partial charge in [-0.25, -0.2) is 0 Å². The molecule has 1 aliphatic carbocycles. The molecule has 0 spiro atoms. The lowest BCUT2D eigenvalue weighted by Gasteiger charge is -2.21. The van der Waals surface area contributed by atoms with E-state index in [4.69, 9.17) is 0 Å². The highest BCUT2D eigenvalue weighted by atomic mass is 127. The molecule has 0 atom stereocenters. The lowest BCUT2D eigenvalue weighted by molar-refractivity contribution is -0.665. The lowest BCUT2D eigenvalue weighted by Crippen LogP contribution is -3.00. The molecule has 0 fully saturated rings. The highest BCUT2D eigenvalue weighted by Gasteiger charge is 2.26. The quantitative estimate of drug-likeness (QED) is 0.131. The van der Waals surface area contributed by atoms with E-state index < -0.39 is 0 Å². The van der Waals surface area contributed by atoms with Crippen LogP contribution >= 0.6 is 23.1 Å². The molecule has 5 aromatic rings. The number of benzene rings is 4. The Bertz CT molecular complexity index is 1960. The molecule has 5 heteroatoms. The number of hydrogen-bond acceptors (Lipinski definition) is 3. The number of aromatic nitrogens is 1. The second-order valence-corrected chi connectivity index (χ2v) is 13.1. The number of hydrogen-bond donors (Lipinski definition) is 0. The Morgan fingerprint density at radius 1 is 0.814 bits per heavy atom. The van der Waals surface area contributed by atoms with Crippen molar-refractivity contribution in [1.82, 2.24) is 0 Å². The number of fused-ring (bicyclic) bond motifs is 6. The number of halogens is 1. The average Bonchev–Trinajstić information content (AvgIpc) is 3.60. The minimum Gasteiger partial charge on any atom is -1.00 e. The van der Waals surface area contributed by atoms with Crippen molar-refractivity contribution in [3.8, 4) is 0 Å². The van der Waals surface area contributed by atoms with Gasteiger partial charge in [0.25, 0.3) is 5.01 Å². The second kappa shape index (κ2) is 13.0. The fraction of sp³-hybridized carbons (Fsp3) is 0.237. The molecule has 43 heavy (non-hydrogen) atoms. The number of nitrogens with zero attached hydrogens (tertiary/aromatic N) is 2. The van der Waals surface area contributed by atoms with Gasteiger partial charge >= 0.3 is 0 Å². The molecule has 0 unspecified atom stereocenters. The van der Waals surface area contributed by atoms with Gasteiger partial charge in [-0.1, -0.05) is 96.8 Å². The van der Waals surface area contributed by atoms with Crippen molar-refractivity contribution in [2.45, 2.75) is 57.9 Å². The molecule has 0 N–H and O–H groups in total. The number of anilines is 1. The summed E-state index contributed by atoms with van der Waals surface area (Å²) in [5, 5.41) is 8.00. The van der Waals surface area contributed by atoms with E-state index in [1.807, 2.05) is 23.1 Å². The Morgan fingerprint density at radius 2 is 1.56 bits per heavy atom. The summed E-state index contributed by atoms with van der Waals surface area (Å²) in [5.74, 6) is 0. The first kappa shape index (κ1) is 30.2. The Kier molecular flexibility index (Phi) is 9.13. The standard InChI is InChI=1S/C38H37N2S2.HI/c1-4-30-26(20-24-35-39(5-2)33-22-18-28-12-7-9-16-31(28)37(33)41-35)14-11-15-27(30)21-25-36-40(6-3)34-23-19-29-13-8-10-17-32(29)38(34)42-36;/h7-10,12-13,16-25H,4-6,11,14-15H2,1-3H3;1H/q+1;/p-1. The third-order valence-corrected chi connectivity index (χ3v) is 11.1. The summed E-state index contributed by atoms with van der Waals surface area (Å²) in [6.45, 7) is 8.77. The van der Waals surface area contributed by atoms with E-state index in [1.54, 1.807) is 0 Å². The Labute approximate surface area is 280 Å². The van der Waals surface area contributed by atoms with E-state index in [1.165, 1.54) is 75.5 Å². The van der Waals surface area contributed by atoms with Gasteiger partial charge in [-0.05, 0) is 90.6 Å². The second-order valence-electron chi connectivity index (χ2n) is 11.0. The maximum atomic E-state index is 2.47. The maximum absolute atomic E-state index is 2.47. The summed E-state index contributed by atoms with van der Waals surface area (Å²) >= 11 is 3.84. The van der Waals surface area contributed by atoms with Crippen LogP contribution in [0.3, 0.4) is 0 Å².